The monoisotopic (exact) mass is 567 g/mol. The molecule has 0 atom stereocenters. The van der Waals surface area contributed by atoms with Crippen molar-refractivity contribution in [3.8, 4) is 0 Å². The predicted octanol–water partition coefficient (Wildman–Crippen LogP) is 3.66. The maximum Gasteiger partial charge on any atom is 0.128 e. The Morgan fingerprint density at radius 1 is 0.375 bits per heavy atom. The Balaban J connectivity index is 3.67. The minimum Gasteiger partial charge on any atom is -0.326 e. The molecule has 6 heteroatoms. The third-order valence-corrected chi connectivity index (χ3v) is 8.47. The average Bonchev–Trinajstić information content (AvgIpc) is 2.74. The van der Waals surface area contributed by atoms with Crippen LogP contribution in [0, 0.1) is 0 Å². The van der Waals surface area contributed by atoms with E-state index >= 15 is 0 Å². The molecular formula is C34H74N6+6. The Bertz CT molecular complexity index is 881. The molecule has 1 rings (SSSR count). The van der Waals surface area contributed by atoms with Gasteiger partial charge in [-0.25, -0.2) is 0 Å². The zero-order chi connectivity index (χ0) is 31.4. The molecule has 6 nitrogen and oxygen atoms in total. The molecule has 0 amide bonds. The third kappa shape index (κ3) is 13.8. The maximum absolute atomic E-state index is 2.64. The second-order valence-corrected chi connectivity index (χ2v) is 17.8. The zero-order valence-corrected chi connectivity index (χ0v) is 30.5. The van der Waals surface area contributed by atoms with E-state index in [-0.39, 0.29) is 0 Å². The first kappa shape index (κ1) is 37.0. The normalized spacial score (nSPS) is 14.2. The minimum absolute atomic E-state index is 1.02. The van der Waals surface area contributed by atoms with Gasteiger partial charge in [0.2, 0.25) is 0 Å². The van der Waals surface area contributed by atoms with Crippen LogP contribution in [0.3, 0.4) is 0 Å². The molecule has 0 unspecified atom stereocenters. The Morgan fingerprint density at radius 2 is 0.650 bits per heavy atom. The Kier molecular flexibility index (Phi) is 12.5. The van der Waals surface area contributed by atoms with E-state index in [1.165, 1.54) is 39.3 Å². The second kappa shape index (κ2) is 13.5. The molecular weight excluding hydrogens is 492 g/mol. The first-order chi connectivity index (χ1) is 17.8. The highest BCUT2D eigenvalue weighted by Crippen LogP contribution is 2.31. The van der Waals surface area contributed by atoms with Gasteiger partial charge >= 0.3 is 0 Å². The van der Waals surface area contributed by atoms with Gasteiger partial charge in [-0.1, -0.05) is 13.8 Å². The third-order valence-electron chi connectivity index (χ3n) is 8.47. The number of quaternary nitrogens is 6. The molecule has 0 bridgehead atoms. The van der Waals surface area contributed by atoms with Crippen LogP contribution in [0.1, 0.15) is 41.7 Å². The number of rotatable bonds is 17. The fourth-order valence-corrected chi connectivity index (χ4v) is 5.61. The molecule has 234 valence electrons. The summed E-state index contributed by atoms with van der Waals surface area (Å²) in [5.74, 6) is 0. The Morgan fingerprint density at radius 3 is 0.900 bits per heavy atom. The van der Waals surface area contributed by atoms with E-state index in [1.807, 2.05) is 0 Å². The maximum atomic E-state index is 2.64. The fourth-order valence-electron chi connectivity index (χ4n) is 5.61. The molecule has 0 fully saturated rings. The molecule has 0 spiro atoms. The van der Waals surface area contributed by atoms with Crippen molar-refractivity contribution in [3.63, 3.8) is 0 Å². The summed E-state index contributed by atoms with van der Waals surface area (Å²) >= 11 is 0. The Labute approximate surface area is 251 Å². The SMILES string of the molecule is CCc1c(C[N+](C)(C)CC[N+](C)(C)C)cc(C[N+](C)(C)CC[N+](C)(C)C)c(CC)c1C[N+](C)(C)CC[N+](C)(C)C. The summed E-state index contributed by atoms with van der Waals surface area (Å²) in [4.78, 5) is 0. The highest BCUT2D eigenvalue weighted by atomic mass is 15.4. The van der Waals surface area contributed by atoms with Crippen LogP contribution in [0.5, 0.6) is 0 Å². The van der Waals surface area contributed by atoms with Gasteiger partial charge in [0.1, 0.15) is 58.9 Å². The molecule has 1 aromatic rings. The van der Waals surface area contributed by atoms with Gasteiger partial charge in [0, 0.05) is 16.7 Å². The van der Waals surface area contributed by atoms with E-state index in [2.05, 4.69) is 126 Å². The standard InChI is InChI=1S/C34H74N6/c1-18-32-30(27-38(12,13)23-20-35(3,4)5)26-31(28-39(14,15)24-21-36(6,7)8)33(19-2)34(32)29-40(16,17)25-22-37(9,10)11/h26H,18-25,27-29H2,1-17H3/q+6. The number of nitrogens with zero attached hydrogens (tertiary/aromatic N) is 6. The minimum atomic E-state index is 1.02. The first-order valence-corrected chi connectivity index (χ1v) is 15.8. The predicted molar refractivity (Wildman–Crippen MR) is 176 cm³/mol. The van der Waals surface area contributed by atoms with Gasteiger partial charge in [-0.3, -0.25) is 0 Å². The van der Waals surface area contributed by atoms with Crippen molar-refractivity contribution in [2.45, 2.75) is 46.3 Å². The lowest BCUT2D eigenvalue weighted by atomic mass is 9.87. The number of benzene rings is 1. The molecule has 1 aromatic carbocycles. The van der Waals surface area contributed by atoms with E-state index in [1.54, 1.807) is 27.8 Å². The Hall–Kier alpha value is -1.02. The lowest BCUT2D eigenvalue weighted by Gasteiger charge is -2.38. The summed E-state index contributed by atoms with van der Waals surface area (Å²) in [5.41, 5.74) is 8.10. The highest BCUT2D eigenvalue weighted by molar-refractivity contribution is 5.46. The van der Waals surface area contributed by atoms with Gasteiger partial charge < -0.3 is 26.9 Å². The summed E-state index contributed by atoms with van der Waals surface area (Å²) in [6.07, 6.45) is 2.23. The summed E-state index contributed by atoms with van der Waals surface area (Å²) in [7, 11) is 35.5. The summed E-state index contributed by atoms with van der Waals surface area (Å²) in [5, 5.41) is 0. The molecule has 0 N–H and O–H groups in total. The largest absolute Gasteiger partial charge is 0.326 e. The lowest BCUT2D eigenvalue weighted by molar-refractivity contribution is -0.946. The molecule has 0 aromatic heterocycles. The van der Waals surface area contributed by atoms with E-state index < -0.39 is 0 Å². The van der Waals surface area contributed by atoms with Crippen LogP contribution in [-0.2, 0) is 32.5 Å². The van der Waals surface area contributed by atoms with Gasteiger partial charge in [-0.15, -0.1) is 0 Å². The second-order valence-electron chi connectivity index (χ2n) is 17.8. The average molecular weight is 567 g/mol. The van der Waals surface area contributed by atoms with E-state index in [9.17, 15) is 0 Å². The van der Waals surface area contributed by atoms with Crippen molar-refractivity contribution in [2.75, 3.05) is 145 Å². The molecule has 0 aliphatic carbocycles. The number of hydrogen-bond donors (Lipinski definition) is 0. The van der Waals surface area contributed by atoms with Gasteiger partial charge in [0.15, 0.2) is 0 Å². The van der Waals surface area contributed by atoms with Crippen molar-refractivity contribution < 1.29 is 26.9 Å². The summed E-state index contributed by atoms with van der Waals surface area (Å²) in [6, 6.07) is 2.64. The van der Waals surface area contributed by atoms with Gasteiger partial charge in [0.25, 0.3) is 0 Å². The molecule has 0 aliphatic rings. The number of hydrogen-bond acceptors (Lipinski definition) is 0. The fraction of sp³-hybridized carbons (Fsp3) is 0.824. The van der Waals surface area contributed by atoms with Crippen molar-refractivity contribution in [3.05, 3.63) is 33.9 Å². The molecule has 0 radical (unpaired) electrons. The molecule has 0 aliphatic heterocycles. The molecule has 0 saturated heterocycles. The summed E-state index contributed by atoms with van der Waals surface area (Å²) < 4.78 is 6.16. The van der Waals surface area contributed by atoms with E-state index in [0.29, 0.717) is 0 Å². The van der Waals surface area contributed by atoms with Crippen LogP contribution in [0.15, 0.2) is 6.07 Å². The molecule has 0 saturated carbocycles. The number of likely N-dealkylation sites (N-methyl/N-ethyl adjacent to an activating group) is 6. The van der Waals surface area contributed by atoms with Crippen molar-refractivity contribution in [2.24, 2.45) is 0 Å². The van der Waals surface area contributed by atoms with Crippen molar-refractivity contribution >= 4 is 0 Å². The van der Waals surface area contributed by atoms with Crippen molar-refractivity contribution in [1.82, 2.24) is 0 Å². The zero-order valence-electron chi connectivity index (χ0n) is 30.5. The van der Waals surface area contributed by atoms with Crippen LogP contribution < -0.4 is 0 Å². The van der Waals surface area contributed by atoms with E-state index in [0.717, 1.165) is 59.4 Å². The topological polar surface area (TPSA) is 0 Å². The summed E-state index contributed by atoms with van der Waals surface area (Å²) in [6.45, 7) is 15.2. The first-order valence-electron chi connectivity index (χ1n) is 15.8. The van der Waals surface area contributed by atoms with Crippen molar-refractivity contribution in [1.29, 1.82) is 0 Å². The molecule has 0 heterocycles. The van der Waals surface area contributed by atoms with Crippen LogP contribution in [0.25, 0.3) is 0 Å². The van der Waals surface area contributed by atoms with Gasteiger partial charge in [-0.2, -0.15) is 0 Å². The van der Waals surface area contributed by atoms with Crippen LogP contribution >= 0.6 is 0 Å². The van der Waals surface area contributed by atoms with Crippen LogP contribution in [0.2, 0.25) is 0 Å². The smallest absolute Gasteiger partial charge is 0.128 e. The lowest BCUT2D eigenvalue weighted by Crippen LogP contribution is -2.49. The molecule has 40 heavy (non-hydrogen) atoms. The van der Waals surface area contributed by atoms with E-state index in [4.69, 9.17) is 0 Å². The highest BCUT2D eigenvalue weighted by Gasteiger charge is 2.30. The van der Waals surface area contributed by atoms with Crippen LogP contribution in [-0.4, -0.2) is 172 Å². The van der Waals surface area contributed by atoms with Gasteiger partial charge in [-0.05, 0) is 30.0 Å². The quantitative estimate of drug-likeness (QED) is 0.253. The van der Waals surface area contributed by atoms with Gasteiger partial charge in [0.05, 0.1) is 106 Å². The van der Waals surface area contributed by atoms with Crippen LogP contribution in [0.4, 0.5) is 0 Å².